The van der Waals surface area contributed by atoms with Crippen LogP contribution in [-0.4, -0.2) is 37.0 Å². The Kier molecular flexibility index (Phi) is 2.36. The van der Waals surface area contributed by atoms with Crippen molar-refractivity contribution in [2.24, 2.45) is 11.8 Å². The van der Waals surface area contributed by atoms with Gasteiger partial charge in [0.15, 0.2) is 6.29 Å². The van der Waals surface area contributed by atoms with Gasteiger partial charge in [0.2, 0.25) is 0 Å². The zero-order valence-corrected chi connectivity index (χ0v) is 7.55. The van der Waals surface area contributed by atoms with Gasteiger partial charge in [-0.25, -0.2) is 0 Å². The highest BCUT2D eigenvalue weighted by Crippen LogP contribution is 2.42. The number of ether oxygens (including phenoxy) is 2. The fourth-order valence-electron chi connectivity index (χ4n) is 2.38. The first-order chi connectivity index (χ1) is 6.26. The van der Waals surface area contributed by atoms with Crippen LogP contribution in [0.15, 0.2) is 0 Å². The van der Waals surface area contributed by atoms with Gasteiger partial charge in [0.1, 0.15) is 6.29 Å². The Balaban J connectivity index is 2.06. The van der Waals surface area contributed by atoms with Crippen LogP contribution in [0.2, 0.25) is 0 Å². The summed E-state index contributed by atoms with van der Waals surface area (Å²) in [7, 11) is 1.60. The summed E-state index contributed by atoms with van der Waals surface area (Å²) in [6.45, 7) is 0. The molecule has 0 aromatic carbocycles. The largest absolute Gasteiger partial charge is 0.392 e. The standard InChI is InChI=1S/C9H14O4/c1-12-9-2-5-6(4-10)7(11)3-8(5)13-9/h4-9,11H,2-3H2,1H3/t5-,6-,7-,8?,9-/m0/s1. The Hall–Kier alpha value is -0.450. The van der Waals surface area contributed by atoms with Gasteiger partial charge in [-0.1, -0.05) is 0 Å². The normalized spacial score (nSPS) is 49.2. The molecule has 4 heteroatoms. The Labute approximate surface area is 76.8 Å². The smallest absolute Gasteiger partial charge is 0.157 e. The first-order valence-electron chi connectivity index (χ1n) is 4.58. The molecule has 2 rings (SSSR count). The summed E-state index contributed by atoms with van der Waals surface area (Å²) in [6.07, 6.45) is 1.43. The summed E-state index contributed by atoms with van der Waals surface area (Å²) in [4.78, 5) is 10.7. The number of fused-ring (bicyclic) bond motifs is 1. The average molecular weight is 186 g/mol. The highest BCUT2D eigenvalue weighted by atomic mass is 16.7. The molecule has 1 saturated heterocycles. The molecule has 1 unspecified atom stereocenters. The molecule has 0 bridgehead atoms. The lowest BCUT2D eigenvalue weighted by molar-refractivity contribution is -0.119. The molecule has 1 heterocycles. The molecule has 0 radical (unpaired) electrons. The third kappa shape index (κ3) is 1.39. The van der Waals surface area contributed by atoms with E-state index in [2.05, 4.69) is 0 Å². The average Bonchev–Trinajstić information content (AvgIpc) is 2.60. The molecule has 13 heavy (non-hydrogen) atoms. The van der Waals surface area contributed by atoms with Crippen molar-refractivity contribution in [3.63, 3.8) is 0 Å². The molecule has 0 amide bonds. The molecule has 1 saturated carbocycles. The molecule has 4 nitrogen and oxygen atoms in total. The van der Waals surface area contributed by atoms with E-state index in [9.17, 15) is 9.90 Å². The van der Waals surface area contributed by atoms with E-state index < -0.39 is 6.10 Å². The lowest BCUT2D eigenvalue weighted by Crippen LogP contribution is -2.22. The summed E-state index contributed by atoms with van der Waals surface area (Å²) >= 11 is 0. The Morgan fingerprint density at radius 3 is 2.92 bits per heavy atom. The van der Waals surface area contributed by atoms with Gasteiger partial charge >= 0.3 is 0 Å². The minimum atomic E-state index is -0.523. The number of aliphatic hydroxyl groups is 1. The Morgan fingerprint density at radius 1 is 1.54 bits per heavy atom. The van der Waals surface area contributed by atoms with Crippen LogP contribution in [0.1, 0.15) is 12.8 Å². The van der Waals surface area contributed by atoms with E-state index in [0.717, 1.165) is 12.7 Å². The summed E-state index contributed by atoms with van der Waals surface area (Å²) in [5.74, 6) is -0.109. The van der Waals surface area contributed by atoms with E-state index in [1.807, 2.05) is 0 Å². The fourth-order valence-corrected chi connectivity index (χ4v) is 2.38. The molecule has 5 atom stereocenters. The van der Waals surface area contributed by atoms with Gasteiger partial charge in [0.25, 0.3) is 0 Å². The second kappa shape index (κ2) is 3.36. The Bertz CT molecular complexity index is 206. The lowest BCUT2D eigenvalue weighted by Gasteiger charge is -2.13. The fraction of sp³-hybridized carbons (Fsp3) is 0.889. The predicted molar refractivity (Wildman–Crippen MR) is 44.0 cm³/mol. The van der Waals surface area contributed by atoms with Crippen molar-refractivity contribution in [1.82, 2.24) is 0 Å². The minimum absolute atomic E-state index is 0.00940. The van der Waals surface area contributed by atoms with Crippen molar-refractivity contribution in [3.8, 4) is 0 Å². The van der Waals surface area contributed by atoms with Gasteiger partial charge in [-0.15, -0.1) is 0 Å². The van der Waals surface area contributed by atoms with E-state index in [0.29, 0.717) is 6.42 Å². The molecule has 0 aromatic rings. The first kappa shape index (κ1) is 9.12. The van der Waals surface area contributed by atoms with Gasteiger partial charge in [-0.05, 0) is 0 Å². The first-order valence-corrected chi connectivity index (χ1v) is 4.58. The van der Waals surface area contributed by atoms with Crippen LogP contribution < -0.4 is 0 Å². The number of rotatable bonds is 2. The predicted octanol–water partition coefficient (Wildman–Crippen LogP) is -0.0563. The maximum absolute atomic E-state index is 10.7. The van der Waals surface area contributed by atoms with Crippen molar-refractivity contribution in [1.29, 1.82) is 0 Å². The van der Waals surface area contributed by atoms with E-state index in [-0.39, 0.29) is 24.2 Å². The number of carbonyl (C=O) groups excluding carboxylic acids is 1. The quantitative estimate of drug-likeness (QED) is 0.614. The van der Waals surface area contributed by atoms with Gasteiger partial charge in [-0.3, -0.25) is 0 Å². The van der Waals surface area contributed by atoms with Crippen LogP contribution in [0.5, 0.6) is 0 Å². The molecule has 2 fully saturated rings. The van der Waals surface area contributed by atoms with Crippen molar-refractivity contribution >= 4 is 6.29 Å². The second-order valence-electron chi connectivity index (χ2n) is 3.76. The molecule has 1 aliphatic carbocycles. The Morgan fingerprint density at radius 2 is 2.31 bits per heavy atom. The van der Waals surface area contributed by atoms with Crippen LogP contribution in [0.25, 0.3) is 0 Å². The molecule has 74 valence electrons. The van der Waals surface area contributed by atoms with Crippen molar-refractivity contribution in [2.75, 3.05) is 7.11 Å². The summed E-state index contributed by atoms with van der Waals surface area (Å²) in [5.41, 5.74) is 0. The SMILES string of the molecule is CO[C@@H]1C[C@@H]2C(C[C@H](O)[C@H]2C=O)O1. The number of carbonyl (C=O) groups is 1. The van der Waals surface area contributed by atoms with Crippen LogP contribution in [0.3, 0.4) is 0 Å². The van der Waals surface area contributed by atoms with Crippen LogP contribution >= 0.6 is 0 Å². The summed E-state index contributed by atoms with van der Waals surface area (Å²) in [5, 5.41) is 9.50. The maximum atomic E-state index is 10.7. The number of methoxy groups -OCH3 is 1. The number of aldehydes is 1. The van der Waals surface area contributed by atoms with Gasteiger partial charge < -0.3 is 19.4 Å². The third-order valence-corrected chi connectivity index (χ3v) is 3.10. The van der Waals surface area contributed by atoms with Crippen LogP contribution in [0.4, 0.5) is 0 Å². The summed E-state index contributed by atoms with van der Waals surface area (Å²) in [6, 6.07) is 0. The lowest BCUT2D eigenvalue weighted by atomic mass is 9.93. The molecule has 2 aliphatic rings. The monoisotopic (exact) mass is 186 g/mol. The van der Waals surface area contributed by atoms with Gasteiger partial charge in [-0.2, -0.15) is 0 Å². The van der Waals surface area contributed by atoms with E-state index in [4.69, 9.17) is 9.47 Å². The molecule has 0 spiro atoms. The van der Waals surface area contributed by atoms with Crippen molar-refractivity contribution in [2.45, 2.75) is 31.3 Å². The molecule has 0 aromatic heterocycles. The second-order valence-corrected chi connectivity index (χ2v) is 3.76. The zero-order chi connectivity index (χ0) is 9.42. The minimum Gasteiger partial charge on any atom is -0.392 e. The number of hydrogen-bond donors (Lipinski definition) is 1. The zero-order valence-electron chi connectivity index (χ0n) is 7.55. The van der Waals surface area contributed by atoms with E-state index >= 15 is 0 Å². The molecule has 1 N–H and O–H groups in total. The van der Waals surface area contributed by atoms with Gasteiger partial charge in [0, 0.05) is 31.8 Å². The third-order valence-electron chi connectivity index (χ3n) is 3.10. The van der Waals surface area contributed by atoms with Crippen molar-refractivity contribution in [3.05, 3.63) is 0 Å². The maximum Gasteiger partial charge on any atom is 0.157 e. The van der Waals surface area contributed by atoms with Crippen molar-refractivity contribution < 1.29 is 19.4 Å². The number of aliphatic hydroxyl groups excluding tert-OH is 1. The topological polar surface area (TPSA) is 55.8 Å². The van der Waals surface area contributed by atoms with E-state index in [1.54, 1.807) is 7.11 Å². The van der Waals surface area contributed by atoms with Crippen LogP contribution in [0, 0.1) is 11.8 Å². The molecular weight excluding hydrogens is 172 g/mol. The highest BCUT2D eigenvalue weighted by Gasteiger charge is 2.49. The van der Waals surface area contributed by atoms with Gasteiger partial charge in [0.05, 0.1) is 12.2 Å². The molecule has 1 aliphatic heterocycles. The summed E-state index contributed by atoms with van der Waals surface area (Å²) < 4.78 is 10.6. The van der Waals surface area contributed by atoms with E-state index in [1.165, 1.54) is 0 Å². The van der Waals surface area contributed by atoms with Crippen LogP contribution in [-0.2, 0) is 14.3 Å². The highest BCUT2D eigenvalue weighted by molar-refractivity contribution is 5.56. The number of hydrogen-bond acceptors (Lipinski definition) is 4. The molecular formula is C9H14O4.